The van der Waals surface area contributed by atoms with Gasteiger partial charge in [-0.1, -0.05) is 0 Å². The summed E-state index contributed by atoms with van der Waals surface area (Å²) in [5, 5.41) is 8.35. The highest BCUT2D eigenvalue weighted by Crippen LogP contribution is 2.24. The van der Waals surface area contributed by atoms with Crippen molar-refractivity contribution in [3.63, 3.8) is 0 Å². The average molecular weight is 390 g/mol. The highest BCUT2D eigenvalue weighted by atomic mass is 32.2. The summed E-state index contributed by atoms with van der Waals surface area (Å²) in [5.41, 5.74) is 1.69. The molecule has 0 atom stereocenters. The summed E-state index contributed by atoms with van der Waals surface area (Å²) in [6, 6.07) is 3.68. The van der Waals surface area contributed by atoms with Gasteiger partial charge >= 0.3 is 0 Å². The van der Waals surface area contributed by atoms with Crippen LogP contribution in [0.5, 0.6) is 5.88 Å². The van der Waals surface area contributed by atoms with E-state index in [-0.39, 0.29) is 4.90 Å². The molecule has 4 heterocycles. The summed E-state index contributed by atoms with van der Waals surface area (Å²) in [6.07, 6.45) is 6.29. The van der Waals surface area contributed by atoms with E-state index < -0.39 is 10.0 Å². The zero-order valence-electron chi connectivity index (χ0n) is 15.3. The average Bonchev–Trinajstić information content (AvgIpc) is 3.25. The van der Waals surface area contributed by atoms with E-state index in [0.29, 0.717) is 31.5 Å². The maximum atomic E-state index is 12.6. The van der Waals surface area contributed by atoms with Crippen molar-refractivity contribution in [2.45, 2.75) is 24.7 Å². The second-order valence-electron chi connectivity index (χ2n) is 6.86. The molecular formula is C17H22N6O3S. The van der Waals surface area contributed by atoms with E-state index in [2.05, 4.69) is 15.2 Å². The first kappa shape index (κ1) is 17.9. The standard InChI is InChI=1S/C17H22N6O3S/c1-13-10-23-16(19-13)3-4-17(20-23)26-12-14-5-7-22(8-6-14)27(24,25)15-9-18-21(2)11-15/h3-4,9-11,14H,5-8,12H2,1-2H3. The maximum Gasteiger partial charge on any atom is 0.246 e. The zero-order valence-corrected chi connectivity index (χ0v) is 16.1. The van der Waals surface area contributed by atoms with E-state index in [0.717, 1.165) is 24.2 Å². The highest BCUT2D eigenvalue weighted by Gasteiger charge is 2.30. The number of piperidine rings is 1. The number of fused-ring (bicyclic) bond motifs is 1. The molecule has 0 bridgehead atoms. The summed E-state index contributed by atoms with van der Waals surface area (Å²) in [6.45, 7) is 3.41. The molecule has 10 heteroatoms. The largest absolute Gasteiger partial charge is 0.476 e. The lowest BCUT2D eigenvalue weighted by atomic mass is 9.99. The van der Waals surface area contributed by atoms with Crippen LogP contribution in [0.1, 0.15) is 18.5 Å². The Balaban J connectivity index is 1.33. The smallest absolute Gasteiger partial charge is 0.246 e. The molecule has 1 aliphatic rings. The Morgan fingerprint density at radius 3 is 2.70 bits per heavy atom. The minimum atomic E-state index is -3.47. The van der Waals surface area contributed by atoms with Crippen LogP contribution in [0, 0.1) is 12.8 Å². The molecule has 9 nitrogen and oxygen atoms in total. The first-order chi connectivity index (χ1) is 12.9. The first-order valence-electron chi connectivity index (χ1n) is 8.86. The molecular weight excluding hydrogens is 368 g/mol. The molecule has 0 amide bonds. The lowest BCUT2D eigenvalue weighted by molar-refractivity contribution is 0.179. The van der Waals surface area contributed by atoms with Crippen LogP contribution in [-0.4, -0.2) is 56.8 Å². The topological polar surface area (TPSA) is 94.6 Å². The summed E-state index contributed by atoms with van der Waals surface area (Å²) in [7, 11) is -1.76. The Hall–Kier alpha value is -2.46. The van der Waals surface area contributed by atoms with E-state index in [1.165, 1.54) is 21.4 Å². The van der Waals surface area contributed by atoms with Crippen LogP contribution in [0.25, 0.3) is 5.65 Å². The van der Waals surface area contributed by atoms with Gasteiger partial charge in [0.2, 0.25) is 15.9 Å². The van der Waals surface area contributed by atoms with Crippen LogP contribution >= 0.6 is 0 Å². The predicted molar refractivity (Wildman–Crippen MR) is 97.9 cm³/mol. The number of hydrogen-bond acceptors (Lipinski definition) is 6. The second kappa shape index (κ2) is 6.93. The lowest BCUT2D eigenvalue weighted by Gasteiger charge is -2.30. The Bertz CT molecular complexity index is 1050. The molecule has 27 heavy (non-hydrogen) atoms. The Morgan fingerprint density at radius 2 is 2.00 bits per heavy atom. The molecule has 4 rings (SSSR count). The third-order valence-electron chi connectivity index (χ3n) is 4.78. The molecule has 3 aromatic rings. The van der Waals surface area contributed by atoms with Crippen molar-refractivity contribution in [2.75, 3.05) is 19.7 Å². The van der Waals surface area contributed by atoms with Gasteiger partial charge in [0, 0.05) is 32.4 Å². The fourth-order valence-corrected chi connectivity index (χ4v) is 4.72. The van der Waals surface area contributed by atoms with Gasteiger partial charge in [-0.15, -0.1) is 5.10 Å². The molecule has 0 aliphatic carbocycles. The van der Waals surface area contributed by atoms with Crippen molar-refractivity contribution in [3.05, 3.63) is 36.4 Å². The van der Waals surface area contributed by atoms with Gasteiger partial charge in [-0.25, -0.2) is 17.9 Å². The number of hydrogen-bond donors (Lipinski definition) is 0. The molecule has 144 valence electrons. The van der Waals surface area contributed by atoms with Gasteiger partial charge in [-0.2, -0.15) is 9.40 Å². The molecule has 0 unspecified atom stereocenters. The van der Waals surface area contributed by atoms with Gasteiger partial charge in [0.1, 0.15) is 4.90 Å². The van der Waals surface area contributed by atoms with Crippen LogP contribution in [0.15, 0.2) is 35.6 Å². The van der Waals surface area contributed by atoms with Crippen LogP contribution in [0.4, 0.5) is 0 Å². The highest BCUT2D eigenvalue weighted by molar-refractivity contribution is 7.89. The molecule has 0 N–H and O–H groups in total. The predicted octanol–water partition coefficient (Wildman–Crippen LogP) is 1.25. The van der Waals surface area contributed by atoms with E-state index in [4.69, 9.17) is 4.74 Å². The maximum absolute atomic E-state index is 12.6. The number of rotatable bonds is 5. The van der Waals surface area contributed by atoms with Gasteiger partial charge in [-0.3, -0.25) is 4.68 Å². The minimum Gasteiger partial charge on any atom is -0.476 e. The molecule has 0 aromatic carbocycles. The minimum absolute atomic E-state index is 0.243. The van der Waals surface area contributed by atoms with Crippen LogP contribution in [0.2, 0.25) is 0 Å². The summed E-state index contributed by atoms with van der Waals surface area (Å²) >= 11 is 0. The number of ether oxygens (including phenoxy) is 1. The van der Waals surface area contributed by atoms with Crippen molar-refractivity contribution in [1.82, 2.24) is 28.7 Å². The number of imidazole rings is 1. The van der Waals surface area contributed by atoms with E-state index >= 15 is 0 Å². The number of aromatic nitrogens is 5. The molecule has 0 saturated carbocycles. The van der Waals surface area contributed by atoms with Crippen LogP contribution in [0.3, 0.4) is 0 Å². The summed E-state index contributed by atoms with van der Waals surface area (Å²) in [5.74, 6) is 0.845. The van der Waals surface area contributed by atoms with Crippen molar-refractivity contribution < 1.29 is 13.2 Å². The fraction of sp³-hybridized carbons (Fsp3) is 0.471. The van der Waals surface area contributed by atoms with Gasteiger partial charge in [-0.05, 0) is 31.7 Å². The third kappa shape index (κ3) is 3.67. The molecule has 1 fully saturated rings. The SMILES string of the molecule is Cc1cn2nc(OCC3CCN(S(=O)(=O)c4cnn(C)c4)CC3)ccc2n1. The van der Waals surface area contributed by atoms with Crippen molar-refractivity contribution in [3.8, 4) is 5.88 Å². The zero-order chi connectivity index (χ0) is 19.0. The molecule has 0 radical (unpaired) electrons. The number of sulfonamides is 1. The molecule has 3 aromatic heterocycles. The summed E-state index contributed by atoms with van der Waals surface area (Å²) < 4.78 is 35.8. The second-order valence-corrected chi connectivity index (χ2v) is 8.80. The number of aryl methyl sites for hydroxylation is 2. The lowest BCUT2D eigenvalue weighted by Crippen LogP contribution is -2.39. The van der Waals surface area contributed by atoms with Crippen molar-refractivity contribution in [2.24, 2.45) is 13.0 Å². The van der Waals surface area contributed by atoms with Crippen LogP contribution < -0.4 is 4.74 Å². The van der Waals surface area contributed by atoms with Crippen LogP contribution in [-0.2, 0) is 17.1 Å². The van der Waals surface area contributed by atoms with Gasteiger partial charge in [0.15, 0.2) is 5.65 Å². The molecule has 1 saturated heterocycles. The molecule has 0 spiro atoms. The van der Waals surface area contributed by atoms with E-state index in [1.54, 1.807) is 11.6 Å². The molecule has 1 aliphatic heterocycles. The van der Waals surface area contributed by atoms with Crippen molar-refractivity contribution >= 4 is 15.7 Å². The third-order valence-corrected chi connectivity index (χ3v) is 6.63. The quantitative estimate of drug-likeness (QED) is 0.651. The Labute approximate surface area is 157 Å². The Kier molecular flexibility index (Phi) is 4.60. The van der Waals surface area contributed by atoms with Gasteiger partial charge < -0.3 is 4.74 Å². The monoisotopic (exact) mass is 390 g/mol. The normalized spacial score (nSPS) is 16.8. The van der Waals surface area contributed by atoms with Crippen molar-refractivity contribution in [1.29, 1.82) is 0 Å². The Morgan fingerprint density at radius 1 is 1.22 bits per heavy atom. The fourth-order valence-electron chi connectivity index (χ4n) is 3.26. The van der Waals surface area contributed by atoms with E-state index in [1.807, 2.05) is 25.3 Å². The van der Waals surface area contributed by atoms with E-state index in [9.17, 15) is 8.42 Å². The first-order valence-corrected chi connectivity index (χ1v) is 10.3. The summed E-state index contributed by atoms with van der Waals surface area (Å²) in [4.78, 5) is 4.58. The van der Waals surface area contributed by atoms with Gasteiger partial charge in [0.05, 0.1) is 24.7 Å². The number of nitrogens with zero attached hydrogens (tertiary/aromatic N) is 6. The van der Waals surface area contributed by atoms with Gasteiger partial charge in [0.25, 0.3) is 0 Å².